The molecule has 0 saturated heterocycles. The van der Waals surface area contributed by atoms with E-state index in [1.165, 1.54) is 11.1 Å². The largest absolute Gasteiger partial charge is 0.361 e. The van der Waals surface area contributed by atoms with Gasteiger partial charge in [0.15, 0.2) is 0 Å². The van der Waals surface area contributed by atoms with E-state index in [0.29, 0.717) is 17.7 Å². The Bertz CT molecular complexity index is 661. The third-order valence-electron chi connectivity index (χ3n) is 4.17. The molecule has 4 nitrogen and oxygen atoms in total. The molecule has 1 aliphatic carbocycles. The highest BCUT2D eigenvalue weighted by Gasteiger charge is 2.25. The van der Waals surface area contributed by atoms with Crippen LogP contribution in [0.25, 0.3) is 0 Å². The highest BCUT2D eigenvalue weighted by molar-refractivity contribution is 5.96. The maximum atomic E-state index is 12.6. The lowest BCUT2D eigenvalue weighted by molar-refractivity contribution is 0.0930. The standard InChI is InChI=1S/C17H20N2O2/c1-3-14-16(11(2)21-19-14)17(20)18-15-10-6-8-12-7-4-5-9-13(12)15/h4-5,7,9,15H,3,6,8,10H2,1-2H3,(H,18,20)/t15-/m0/s1. The van der Waals surface area contributed by atoms with Gasteiger partial charge < -0.3 is 9.84 Å². The number of benzene rings is 1. The Morgan fingerprint density at radius 1 is 1.43 bits per heavy atom. The smallest absolute Gasteiger partial charge is 0.257 e. The van der Waals surface area contributed by atoms with Crippen LogP contribution in [0.1, 0.15) is 58.7 Å². The predicted octanol–water partition coefficient (Wildman–Crippen LogP) is 3.35. The summed E-state index contributed by atoms with van der Waals surface area (Å²) in [7, 11) is 0. The molecular formula is C17H20N2O2. The second kappa shape index (κ2) is 5.72. The van der Waals surface area contributed by atoms with Gasteiger partial charge >= 0.3 is 0 Å². The minimum Gasteiger partial charge on any atom is -0.361 e. The summed E-state index contributed by atoms with van der Waals surface area (Å²) in [6.07, 6.45) is 3.87. The van der Waals surface area contributed by atoms with E-state index in [1.807, 2.05) is 13.0 Å². The third kappa shape index (κ3) is 2.58. The molecule has 2 aromatic rings. The normalized spacial score (nSPS) is 17.3. The lowest BCUT2D eigenvalue weighted by Gasteiger charge is -2.26. The fraction of sp³-hybridized carbons (Fsp3) is 0.412. The van der Waals surface area contributed by atoms with Crippen LogP contribution in [-0.2, 0) is 12.8 Å². The molecule has 0 unspecified atom stereocenters. The molecule has 1 atom stereocenters. The van der Waals surface area contributed by atoms with E-state index in [0.717, 1.165) is 25.0 Å². The van der Waals surface area contributed by atoms with Crippen LogP contribution in [0.3, 0.4) is 0 Å². The van der Waals surface area contributed by atoms with E-state index in [4.69, 9.17) is 4.52 Å². The summed E-state index contributed by atoms with van der Waals surface area (Å²) in [6.45, 7) is 3.76. The van der Waals surface area contributed by atoms with Gasteiger partial charge in [0.25, 0.3) is 5.91 Å². The zero-order chi connectivity index (χ0) is 14.8. The van der Waals surface area contributed by atoms with Gasteiger partial charge in [0.05, 0.1) is 11.7 Å². The van der Waals surface area contributed by atoms with Gasteiger partial charge in [-0.1, -0.05) is 36.3 Å². The van der Waals surface area contributed by atoms with E-state index < -0.39 is 0 Å². The predicted molar refractivity (Wildman–Crippen MR) is 80.2 cm³/mol. The zero-order valence-electron chi connectivity index (χ0n) is 12.5. The van der Waals surface area contributed by atoms with Crippen molar-refractivity contribution in [2.45, 2.75) is 45.6 Å². The fourth-order valence-corrected chi connectivity index (χ4v) is 3.08. The van der Waals surface area contributed by atoms with Crippen molar-refractivity contribution in [2.24, 2.45) is 0 Å². The summed E-state index contributed by atoms with van der Waals surface area (Å²) >= 11 is 0. The Hall–Kier alpha value is -2.10. The number of aromatic nitrogens is 1. The number of amides is 1. The number of carbonyl (C=O) groups excluding carboxylic acids is 1. The van der Waals surface area contributed by atoms with Gasteiger partial charge in [0.1, 0.15) is 11.3 Å². The molecule has 0 aliphatic heterocycles. The molecule has 0 fully saturated rings. The molecule has 1 amide bonds. The molecule has 4 heteroatoms. The molecule has 3 rings (SSSR count). The van der Waals surface area contributed by atoms with Crippen LogP contribution in [0.15, 0.2) is 28.8 Å². The zero-order valence-corrected chi connectivity index (χ0v) is 12.5. The Labute approximate surface area is 124 Å². The van der Waals surface area contributed by atoms with E-state index in [1.54, 1.807) is 6.92 Å². The Kier molecular flexibility index (Phi) is 3.78. The first-order valence-electron chi connectivity index (χ1n) is 7.54. The summed E-state index contributed by atoms with van der Waals surface area (Å²) in [5.74, 6) is 0.515. The second-order valence-corrected chi connectivity index (χ2v) is 5.53. The molecule has 0 spiro atoms. The molecule has 1 N–H and O–H groups in total. The summed E-state index contributed by atoms with van der Waals surface area (Å²) in [5, 5.41) is 7.11. The van der Waals surface area contributed by atoms with Gasteiger partial charge in [0.2, 0.25) is 0 Å². The summed E-state index contributed by atoms with van der Waals surface area (Å²) < 4.78 is 5.16. The Morgan fingerprint density at radius 3 is 3.05 bits per heavy atom. The highest BCUT2D eigenvalue weighted by Crippen LogP contribution is 2.30. The van der Waals surface area contributed by atoms with Crippen LogP contribution < -0.4 is 5.32 Å². The van der Waals surface area contributed by atoms with Gasteiger partial charge in [0, 0.05) is 0 Å². The lowest BCUT2D eigenvalue weighted by atomic mass is 9.87. The fourth-order valence-electron chi connectivity index (χ4n) is 3.08. The van der Waals surface area contributed by atoms with Gasteiger partial charge in [-0.15, -0.1) is 0 Å². The van der Waals surface area contributed by atoms with Crippen molar-refractivity contribution in [2.75, 3.05) is 0 Å². The van der Waals surface area contributed by atoms with Crippen molar-refractivity contribution >= 4 is 5.91 Å². The second-order valence-electron chi connectivity index (χ2n) is 5.53. The molecular weight excluding hydrogens is 264 g/mol. The maximum absolute atomic E-state index is 12.6. The lowest BCUT2D eigenvalue weighted by Crippen LogP contribution is -2.31. The molecule has 1 heterocycles. The number of nitrogens with one attached hydrogen (secondary N) is 1. The van der Waals surface area contributed by atoms with Crippen LogP contribution in [0.4, 0.5) is 0 Å². The number of carbonyl (C=O) groups is 1. The monoisotopic (exact) mass is 284 g/mol. The van der Waals surface area contributed by atoms with E-state index in [9.17, 15) is 4.79 Å². The van der Waals surface area contributed by atoms with Crippen molar-refractivity contribution in [1.82, 2.24) is 10.5 Å². The Morgan fingerprint density at radius 2 is 2.24 bits per heavy atom. The molecule has 21 heavy (non-hydrogen) atoms. The number of hydrogen-bond donors (Lipinski definition) is 1. The Balaban J connectivity index is 1.84. The topological polar surface area (TPSA) is 55.1 Å². The van der Waals surface area contributed by atoms with E-state index in [2.05, 4.69) is 28.7 Å². The molecule has 1 aromatic heterocycles. The SMILES string of the molecule is CCc1noc(C)c1C(=O)N[C@H]1CCCc2ccccc21. The minimum atomic E-state index is -0.0766. The molecule has 1 aliphatic rings. The van der Waals surface area contributed by atoms with Crippen molar-refractivity contribution in [3.05, 3.63) is 52.4 Å². The van der Waals surface area contributed by atoms with Crippen LogP contribution in [0, 0.1) is 6.92 Å². The van der Waals surface area contributed by atoms with Gasteiger partial charge in [-0.05, 0) is 43.7 Å². The number of rotatable bonds is 3. The third-order valence-corrected chi connectivity index (χ3v) is 4.17. The summed E-state index contributed by atoms with van der Waals surface area (Å²) in [6, 6.07) is 8.44. The number of nitrogens with zero attached hydrogens (tertiary/aromatic N) is 1. The first kappa shape index (κ1) is 13.9. The van der Waals surface area contributed by atoms with Crippen LogP contribution in [0.2, 0.25) is 0 Å². The minimum absolute atomic E-state index is 0.0766. The summed E-state index contributed by atoms with van der Waals surface area (Å²) in [5.41, 5.74) is 3.91. The van der Waals surface area contributed by atoms with Crippen molar-refractivity contribution in [3.63, 3.8) is 0 Å². The molecule has 0 radical (unpaired) electrons. The number of aryl methyl sites for hydroxylation is 3. The average Bonchev–Trinajstić information content (AvgIpc) is 2.88. The van der Waals surface area contributed by atoms with Crippen molar-refractivity contribution in [1.29, 1.82) is 0 Å². The van der Waals surface area contributed by atoms with Crippen molar-refractivity contribution in [3.8, 4) is 0 Å². The summed E-state index contributed by atoms with van der Waals surface area (Å²) in [4.78, 5) is 12.6. The van der Waals surface area contributed by atoms with Crippen LogP contribution in [-0.4, -0.2) is 11.1 Å². The molecule has 110 valence electrons. The van der Waals surface area contributed by atoms with E-state index in [-0.39, 0.29) is 11.9 Å². The van der Waals surface area contributed by atoms with Gasteiger partial charge in [-0.2, -0.15) is 0 Å². The molecule has 1 aromatic carbocycles. The number of hydrogen-bond acceptors (Lipinski definition) is 3. The highest BCUT2D eigenvalue weighted by atomic mass is 16.5. The van der Waals surface area contributed by atoms with Crippen molar-refractivity contribution < 1.29 is 9.32 Å². The van der Waals surface area contributed by atoms with E-state index >= 15 is 0 Å². The first-order valence-corrected chi connectivity index (χ1v) is 7.54. The maximum Gasteiger partial charge on any atom is 0.257 e. The molecule has 0 bridgehead atoms. The van der Waals surface area contributed by atoms with Gasteiger partial charge in [-0.3, -0.25) is 4.79 Å². The average molecular weight is 284 g/mol. The number of fused-ring (bicyclic) bond motifs is 1. The van der Waals surface area contributed by atoms with Crippen LogP contribution in [0.5, 0.6) is 0 Å². The molecule has 0 saturated carbocycles. The quantitative estimate of drug-likeness (QED) is 0.940. The first-order chi connectivity index (χ1) is 10.2. The van der Waals surface area contributed by atoms with Gasteiger partial charge in [-0.25, -0.2) is 0 Å². The van der Waals surface area contributed by atoms with Crippen LogP contribution >= 0.6 is 0 Å².